The summed E-state index contributed by atoms with van der Waals surface area (Å²) in [6.07, 6.45) is 1.47. The Balaban J connectivity index is 1.69. The molecule has 1 aliphatic carbocycles. The van der Waals surface area contributed by atoms with Crippen LogP contribution in [0.25, 0.3) is 0 Å². The molecule has 3 atom stereocenters. The Labute approximate surface area is 110 Å². The lowest BCUT2D eigenvalue weighted by atomic mass is 10.1. The van der Waals surface area contributed by atoms with E-state index in [1.54, 1.807) is 4.90 Å². The predicted octanol–water partition coefficient (Wildman–Crippen LogP) is 1.63. The van der Waals surface area contributed by atoms with Crippen molar-refractivity contribution in [3.05, 3.63) is 35.4 Å². The minimum atomic E-state index is -0.588. The number of rotatable bonds is 2. The van der Waals surface area contributed by atoms with Crippen molar-refractivity contribution in [1.29, 1.82) is 0 Å². The molecular formula is C14H16F2N2O. The van der Waals surface area contributed by atoms with E-state index in [0.717, 1.165) is 12.5 Å². The number of carbonyl (C=O) groups is 1. The van der Waals surface area contributed by atoms with Crippen LogP contribution in [0.15, 0.2) is 18.2 Å². The number of hydrogen-bond acceptors (Lipinski definition) is 2. The SMILES string of the molecule is N[C@@H]1CCN(C(=O)C2CC2c2ccc(F)cc2F)C1. The van der Waals surface area contributed by atoms with E-state index in [0.29, 0.717) is 25.1 Å². The first-order valence-corrected chi connectivity index (χ1v) is 6.55. The summed E-state index contributed by atoms with van der Waals surface area (Å²) >= 11 is 0. The fourth-order valence-electron chi connectivity index (χ4n) is 2.84. The van der Waals surface area contributed by atoms with Crippen molar-refractivity contribution in [3.63, 3.8) is 0 Å². The predicted molar refractivity (Wildman–Crippen MR) is 66.4 cm³/mol. The Morgan fingerprint density at radius 1 is 1.37 bits per heavy atom. The zero-order valence-corrected chi connectivity index (χ0v) is 10.5. The van der Waals surface area contributed by atoms with E-state index >= 15 is 0 Å². The molecule has 1 saturated carbocycles. The van der Waals surface area contributed by atoms with Gasteiger partial charge < -0.3 is 10.6 Å². The van der Waals surface area contributed by atoms with Crippen molar-refractivity contribution in [3.8, 4) is 0 Å². The summed E-state index contributed by atoms with van der Waals surface area (Å²) in [5.74, 6) is -1.36. The third kappa shape index (κ3) is 2.34. The number of halogens is 2. The molecule has 1 aliphatic heterocycles. The minimum absolute atomic E-state index is 0.0571. The molecule has 0 radical (unpaired) electrons. The second kappa shape index (κ2) is 4.56. The topological polar surface area (TPSA) is 46.3 Å². The Kier molecular flexibility index (Phi) is 3.01. The maximum atomic E-state index is 13.6. The highest BCUT2D eigenvalue weighted by Crippen LogP contribution is 2.49. The maximum absolute atomic E-state index is 13.6. The van der Waals surface area contributed by atoms with Gasteiger partial charge in [0.15, 0.2) is 0 Å². The summed E-state index contributed by atoms with van der Waals surface area (Å²) in [5.41, 5.74) is 6.22. The van der Waals surface area contributed by atoms with Gasteiger partial charge in [-0.1, -0.05) is 6.07 Å². The Morgan fingerprint density at radius 3 is 2.79 bits per heavy atom. The molecule has 0 bridgehead atoms. The molecule has 5 heteroatoms. The van der Waals surface area contributed by atoms with E-state index in [1.165, 1.54) is 12.1 Å². The van der Waals surface area contributed by atoms with Crippen LogP contribution in [0, 0.1) is 17.6 Å². The van der Waals surface area contributed by atoms with Crippen LogP contribution in [0.4, 0.5) is 8.78 Å². The average Bonchev–Trinajstić information content (AvgIpc) is 3.02. The molecule has 2 unspecified atom stereocenters. The molecule has 19 heavy (non-hydrogen) atoms. The van der Waals surface area contributed by atoms with Crippen LogP contribution in [0.3, 0.4) is 0 Å². The Bertz CT molecular complexity index is 520. The summed E-state index contributed by atoms with van der Waals surface area (Å²) < 4.78 is 26.5. The number of carbonyl (C=O) groups excluding carboxylic acids is 1. The smallest absolute Gasteiger partial charge is 0.226 e. The average molecular weight is 266 g/mol. The molecule has 2 fully saturated rings. The number of hydrogen-bond donors (Lipinski definition) is 1. The van der Waals surface area contributed by atoms with Gasteiger partial charge in [-0.05, 0) is 30.4 Å². The van der Waals surface area contributed by atoms with Gasteiger partial charge in [-0.3, -0.25) is 4.79 Å². The van der Waals surface area contributed by atoms with Crippen LogP contribution < -0.4 is 5.73 Å². The molecule has 3 rings (SSSR count). The quantitative estimate of drug-likeness (QED) is 0.884. The molecule has 1 aromatic carbocycles. The molecule has 1 amide bonds. The van der Waals surface area contributed by atoms with E-state index in [9.17, 15) is 13.6 Å². The van der Waals surface area contributed by atoms with E-state index in [4.69, 9.17) is 5.73 Å². The van der Waals surface area contributed by atoms with Crippen LogP contribution >= 0.6 is 0 Å². The number of benzene rings is 1. The fourth-order valence-corrected chi connectivity index (χ4v) is 2.84. The molecule has 0 spiro atoms. The standard InChI is InChI=1S/C14H16F2N2O/c15-8-1-2-10(13(16)5-8)11-6-12(11)14(19)18-4-3-9(17)7-18/h1-2,5,9,11-12H,3-4,6-7,17H2/t9-,11?,12?/m1/s1. The minimum Gasteiger partial charge on any atom is -0.341 e. The van der Waals surface area contributed by atoms with Gasteiger partial charge in [0.25, 0.3) is 0 Å². The van der Waals surface area contributed by atoms with E-state index in [-0.39, 0.29) is 23.8 Å². The molecule has 1 aromatic rings. The summed E-state index contributed by atoms with van der Waals surface area (Å²) in [7, 11) is 0. The second-order valence-electron chi connectivity index (χ2n) is 5.45. The van der Waals surface area contributed by atoms with Gasteiger partial charge in [-0.2, -0.15) is 0 Å². The largest absolute Gasteiger partial charge is 0.341 e. The van der Waals surface area contributed by atoms with Crippen LogP contribution in [0.1, 0.15) is 24.3 Å². The first kappa shape index (κ1) is 12.5. The Hall–Kier alpha value is -1.49. The van der Waals surface area contributed by atoms with Gasteiger partial charge in [0.05, 0.1) is 0 Å². The first-order chi connectivity index (χ1) is 9.06. The fraction of sp³-hybridized carbons (Fsp3) is 0.500. The first-order valence-electron chi connectivity index (χ1n) is 6.55. The normalized spacial score (nSPS) is 29.6. The molecule has 0 aromatic heterocycles. The molecule has 102 valence electrons. The zero-order valence-electron chi connectivity index (χ0n) is 10.5. The molecule has 2 aliphatic rings. The number of amides is 1. The lowest BCUT2D eigenvalue weighted by molar-refractivity contribution is -0.131. The lowest BCUT2D eigenvalue weighted by Crippen LogP contribution is -2.33. The highest BCUT2D eigenvalue weighted by Gasteiger charge is 2.47. The van der Waals surface area contributed by atoms with Gasteiger partial charge in [0.2, 0.25) is 5.91 Å². The van der Waals surface area contributed by atoms with Crippen molar-refractivity contribution in [2.45, 2.75) is 24.8 Å². The van der Waals surface area contributed by atoms with Gasteiger partial charge in [0.1, 0.15) is 11.6 Å². The van der Waals surface area contributed by atoms with Crippen molar-refractivity contribution in [1.82, 2.24) is 4.90 Å². The second-order valence-corrected chi connectivity index (χ2v) is 5.45. The molecule has 1 heterocycles. The maximum Gasteiger partial charge on any atom is 0.226 e. The third-order valence-electron chi connectivity index (χ3n) is 4.01. The zero-order chi connectivity index (χ0) is 13.6. The third-order valence-corrected chi connectivity index (χ3v) is 4.01. The highest BCUT2D eigenvalue weighted by molar-refractivity contribution is 5.83. The summed E-state index contributed by atoms with van der Waals surface area (Å²) in [4.78, 5) is 13.9. The van der Waals surface area contributed by atoms with Crippen molar-refractivity contribution in [2.24, 2.45) is 11.7 Å². The summed E-state index contributed by atoms with van der Waals surface area (Å²) in [5, 5.41) is 0. The van der Waals surface area contributed by atoms with Crippen molar-refractivity contribution in [2.75, 3.05) is 13.1 Å². The summed E-state index contributed by atoms with van der Waals surface area (Å²) in [6, 6.07) is 3.62. The lowest BCUT2D eigenvalue weighted by Gasteiger charge is -2.15. The van der Waals surface area contributed by atoms with E-state index in [2.05, 4.69) is 0 Å². The molecule has 3 nitrogen and oxygen atoms in total. The number of nitrogens with zero attached hydrogens (tertiary/aromatic N) is 1. The number of nitrogens with two attached hydrogens (primary N) is 1. The van der Waals surface area contributed by atoms with Crippen molar-refractivity contribution >= 4 is 5.91 Å². The van der Waals surface area contributed by atoms with Gasteiger partial charge >= 0.3 is 0 Å². The van der Waals surface area contributed by atoms with E-state index < -0.39 is 11.6 Å². The van der Waals surface area contributed by atoms with Gasteiger partial charge in [-0.25, -0.2) is 8.78 Å². The molecule has 2 N–H and O–H groups in total. The highest BCUT2D eigenvalue weighted by atomic mass is 19.1. The molecule has 1 saturated heterocycles. The van der Waals surface area contributed by atoms with Crippen LogP contribution in [0.5, 0.6) is 0 Å². The number of likely N-dealkylation sites (tertiary alicyclic amines) is 1. The van der Waals surface area contributed by atoms with Crippen LogP contribution in [-0.2, 0) is 4.79 Å². The van der Waals surface area contributed by atoms with Gasteiger partial charge in [-0.15, -0.1) is 0 Å². The van der Waals surface area contributed by atoms with Gasteiger partial charge in [0, 0.05) is 31.1 Å². The molecular weight excluding hydrogens is 250 g/mol. The Morgan fingerprint density at radius 2 is 2.16 bits per heavy atom. The summed E-state index contributed by atoms with van der Waals surface area (Å²) in [6.45, 7) is 1.28. The van der Waals surface area contributed by atoms with Crippen molar-refractivity contribution < 1.29 is 13.6 Å². The van der Waals surface area contributed by atoms with Crippen LogP contribution in [0.2, 0.25) is 0 Å². The monoisotopic (exact) mass is 266 g/mol. The van der Waals surface area contributed by atoms with Crippen LogP contribution in [-0.4, -0.2) is 29.9 Å². The van der Waals surface area contributed by atoms with E-state index in [1.807, 2.05) is 0 Å².